The van der Waals surface area contributed by atoms with Crippen LogP contribution in [0, 0.1) is 6.92 Å². The lowest BCUT2D eigenvalue weighted by Crippen LogP contribution is -2.42. The van der Waals surface area contributed by atoms with Crippen molar-refractivity contribution >= 4 is 28.9 Å². The number of morpholine rings is 1. The van der Waals surface area contributed by atoms with E-state index in [1.165, 1.54) is 4.90 Å². The van der Waals surface area contributed by atoms with Crippen LogP contribution in [-0.2, 0) is 29.0 Å². The van der Waals surface area contributed by atoms with Gasteiger partial charge in [0.1, 0.15) is 11.8 Å². The van der Waals surface area contributed by atoms with Gasteiger partial charge in [0, 0.05) is 52.7 Å². The monoisotopic (exact) mass is 643 g/mol. The van der Waals surface area contributed by atoms with Crippen molar-refractivity contribution < 1.29 is 28.6 Å². The molecule has 2 N–H and O–H groups in total. The fraction of sp³-hybridized carbons (Fsp3) is 0.371. The number of ether oxygens (including phenoxy) is 2. The summed E-state index contributed by atoms with van der Waals surface area (Å²) in [6, 6.07) is 19.7. The summed E-state index contributed by atoms with van der Waals surface area (Å²) >= 11 is 0. The number of amides is 2. The number of rotatable bonds is 13. The van der Waals surface area contributed by atoms with Gasteiger partial charge in [0.2, 0.25) is 5.91 Å². The molecule has 1 saturated heterocycles. The average Bonchev–Trinajstić information content (AvgIpc) is 3.08. The molecule has 1 aromatic heterocycles. The summed E-state index contributed by atoms with van der Waals surface area (Å²) in [5, 5.41) is 13.2. The van der Waals surface area contributed by atoms with E-state index in [-0.39, 0.29) is 23.9 Å². The molecule has 1 aliphatic heterocycles. The number of aryl methyl sites for hydroxylation is 1. The molecule has 0 spiro atoms. The Labute approximate surface area is 273 Å². The van der Waals surface area contributed by atoms with Gasteiger partial charge in [0.15, 0.2) is 0 Å². The van der Waals surface area contributed by atoms with Crippen molar-refractivity contribution in [3.8, 4) is 5.75 Å². The molecule has 0 unspecified atom stereocenters. The van der Waals surface area contributed by atoms with Crippen LogP contribution in [0.1, 0.15) is 22.3 Å². The zero-order valence-electron chi connectivity index (χ0n) is 27.0. The minimum Gasteiger partial charge on any atom is -0.497 e. The van der Waals surface area contributed by atoms with Crippen molar-refractivity contribution in [3.05, 3.63) is 99.4 Å². The number of nitrogens with one attached hydrogen (secondary N) is 1. The third-order valence-corrected chi connectivity index (χ3v) is 8.43. The molecule has 4 aromatic rings. The number of anilines is 1. The number of hydrogen-bond donors (Lipinski definition) is 2. The Morgan fingerprint density at radius 3 is 2.43 bits per heavy atom. The number of carboxylic acid groups (broad SMARTS) is 1. The predicted molar refractivity (Wildman–Crippen MR) is 178 cm³/mol. The van der Waals surface area contributed by atoms with Gasteiger partial charge in [-0.25, -0.2) is 9.59 Å². The van der Waals surface area contributed by atoms with E-state index in [2.05, 4.69) is 15.2 Å². The van der Waals surface area contributed by atoms with E-state index >= 15 is 0 Å². The van der Waals surface area contributed by atoms with E-state index in [4.69, 9.17) is 13.9 Å². The van der Waals surface area contributed by atoms with Gasteiger partial charge in [0.05, 0.1) is 31.2 Å². The summed E-state index contributed by atoms with van der Waals surface area (Å²) in [6.45, 7) is 6.00. The fourth-order valence-corrected chi connectivity index (χ4v) is 5.68. The summed E-state index contributed by atoms with van der Waals surface area (Å²) in [5.74, 6) is 0.498. The number of nitrogens with zero attached hydrogens (tertiary/aromatic N) is 4. The normalized spacial score (nSPS) is 14.0. The van der Waals surface area contributed by atoms with Crippen LogP contribution < -0.4 is 15.7 Å². The van der Waals surface area contributed by atoms with Crippen molar-refractivity contribution in [2.24, 2.45) is 0 Å². The quantitative estimate of drug-likeness (QED) is 0.220. The molecule has 12 nitrogen and oxygen atoms in total. The van der Waals surface area contributed by atoms with Gasteiger partial charge >= 0.3 is 11.7 Å². The van der Waals surface area contributed by atoms with Crippen LogP contribution in [0.5, 0.6) is 5.75 Å². The molecule has 1 aliphatic rings. The number of carbonyl (C=O) groups excluding carboxylic acids is 1. The number of likely N-dealkylation sites (N-methyl/N-ethyl adjacent to an activating group) is 1. The Bertz CT molecular complexity index is 1720. The summed E-state index contributed by atoms with van der Waals surface area (Å²) in [7, 11) is 3.32. The molecule has 0 bridgehead atoms. The number of aromatic nitrogens is 1. The zero-order chi connectivity index (χ0) is 33.3. The maximum Gasteiger partial charge on any atom is 0.407 e. The van der Waals surface area contributed by atoms with E-state index in [1.54, 1.807) is 38.1 Å². The largest absolute Gasteiger partial charge is 0.497 e. The number of fused-ring (bicyclic) bond motifs is 1. The second kappa shape index (κ2) is 15.6. The minimum absolute atomic E-state index is 0.0766. The third kappa shape index (κ3) is 8.66. The summed E-state index contributed by atoms with van der Waals surface area (Å²) in [4.78, 5) is 48.9. The number of benzene rings is 3. The highest BCUT2D eigenvalue weighted by molar-refractivity contribution is 5.85. The van der Waals surface area contributed by atoms with Gasteiger partial charge in [-0.05, 0) is 47.4 Å². The molecule has 1 fully saturated rings. The van der Waals surface area contributed by atoms with E-state index in [9.17, 15) is 19.5 Å². The van der Waals surface area contributed by atoms with Crippen molar-refractivity contribution in [1.82, 2.24) is 19.7 Å². The van der Waals surface area contributed by atoms with Gasteiger partial charge in [0.25, 0.3) is 6.01 Å². The first kappa shape index (κ1) is 33.4. The Morgan fingerprint density at radius 1 is 1.02 bits per heavy atom. The first-order valence-corrected chi connectivity index (χ1v) is 15.6. The Kier molecular flexibility index (Phi) is 11.1. The molecular formula is C35H41N5O7. The molecule has 2 heterocycles. The Balaban J connectivity index is 1.37. The minimum atomic E-state index is -1.03. The molecule has 2 amide bonds. The van der Waals surface area contributed by atoms with E-state index < -0.39 is 17.8 Å². The number of hydrogen-bond acceptors (Lipinski definition) is 9. The lowest BCUT2D eigenvalue weighted by Gasteiger charge is -2.29. The molecule has 3 aromatic carbocycles. The highest BCUT2D eigenvalue weighted by Gasteiger charge is 2.25. The third-order valence-electron chi connectivity index (χ3n) is 8.43. The zero-order valence-corrected chi connectivity index (χ0v) is 27.0. The fourth-order valence-electron chi connectivity index (χ4n) is 5.68. The highest BCUT2D eigenvalue weighted by atomic mass is 16.5. The van der Waals surface area contributed by atoms with E-state index in [0.717, 1.165) is 24.2 Å². The summed E-state index contributed by atoms with van der Waals surface area (Å²) < 4.78 is 16.3. The molecule has 5 rings (SSSR count). The maximum atomic E-state index is 13.8. The summed E-state index contributed by atoms with van der Waals surface area (Å²) in [6.07, 6.45) is -0.731. The van der Waals surface area contributed by atoms with Crippen molar-refractivity contribution in [1.29, 1.82) is 0 Å². The van der Waals surface area contributed by atoms with Crippen LogP contribution in [0.25, 0.3) is 10.9 Å². The van der Waals surface area contributed by atoms with Crippen LogP contribution in [0.15, 0.2) is 75.9 Å². The van der Waals surface area contributed by atoms with Gasteiger partial charge in [-0.15, -0.1) is 0 Å². The molecule has 1 atom stereocenters. The Morgan fingerprint density at radius 2 is 1.74 bits per heavy atom. The molecule has 47 heavy (non-hydrogen) atoms. The maximum absolute atomic E-state index is 13.8. The van der Waals surface area contributed by atoms with Crippen molar-refractivity contribution in [3.63, 3.8) is 0 Å². The molecule has 0 radical (unpaired) electrons. The van der Waals surface area contributed by atoms with Crippen molar-refractivity contribution in [2.75, 3.05) is 58.9 Å². The van der Waals surface area contributed by atoms with E-state index in [1.807, 2.05) is 54.6 Å². The van der Waals surface area contributed by atoms with Crippen molar-refractivity contribution in [2.45, 2.75) is 32.5 Å². The number of carbonyl (C=O) groups is 2. The molecule has 248 valence electrons. The van der Waals surface area contributed by atoms with Crippen LogP contribution in [0.4, 0.5) is 10.8 Å². The second-order valence-electron chi connectivity index (χ2n) is 11.6. The van der Waals surface area contributed by atoms with Gasteiger partial charge in [-0.2, -0.15) is 4.98 Å². The molecule has 12 heteroatoms. The average molecular weight is 644 g/mol. The number of methoxy groups -OCH3 is 1. The highest BCUT2D eigenvalue weighted by Crippen LogP contribution is 2.22. The van der Waals surface area contributed by atoms with E-state index in [0.29, 0.717) is 61.7 Å². The second-order valence-corrected chi connectivity index (χ2v) is 11.6. The van der Waals surface area contributed by atoms with Crippen LogP contribution in [0.3, 0.4) is 0 Å². The predicted octanol–water partition coefficient (Wildman–Crippen LogP) is 4.00. The van der Waals surface area contributed by atoms with Crippen LogP contribution in [-0.4, -0.2) is 96.4 Å². The summed E-state index contributed by atoms with van der Waals surface area (Å²) in [5.41, 5.74) is 2.91. The van der Waals surface area contributed by atoms with Gasteiger partial charge in [-0.1, -0.05) is 48.5 Å². The molecule has 0 aliphatic carbocycles. The lowest BCUT2D eigenvalue weighted by molar-refractivity contribution is -0.131. The SMILES string of the molecule is COc1ccc(C[C@H](Nc2nc3ccc(CN(CCN4CCOCC4)C(=O)O)c(C)c3c(=O)o2)C(=O)N(C)Cc2ccccc2)cc1. The standard InChI is InChI=1S/C35H41N5O7/c1-24-27(23-40(35(43)44)16-15-39-17-19-46-20-18-39)11-14-29-31(24)33(42)47-34(36-29)37-30(21-25-9-12-28(45-3)13-10-25)32(41)38(2)22-26-7-5-4-6-8-26/h4-14,30H,15-23H2,1-3H3,(H,36,37)(H,43,44)/t30-/m0/s1. The molecular weight excluding hydrogens is 602 g/mol. The van der Waals surface area contributed by atoms with Crippen LogP contribution in [0.2, 0.25) is 0 Å². The van der Waals surface area contributed by atoms with Gasteiger partial charge in [-0.3, -0.25) is 9.69 Å². The molecule has 0 saturated carbocycles. The Hall–Kier alpha value is -4.94. The lowest BCUT2D eigenvalue weighted by atomic mass is 10.0. The van der Waals surface area contributed by atoms with Crippen LogP contribution >= 0.6 is 0 Å². The first-order valence-electron chi connectivity index (χ1n) is 15.6. The topological polar surface area (TPSA) is 138 Å². The first-order chi connectivity index (χ1) is 22.7. The van der Waals surface area contributed by atoms with Gasteiger partial charge < -0.3 is 34.1 Å². The smallest absolute Gasteiger partial charge is 0.407 e.